The fourth-order valence-electron chi connectivity index (χ4n) is 3.56. The van der Waals surface area contributed by atoms with Crippen molar-refractivity contribution < 1.29 is 14.4 Å². The second kappa shape index (κ2) is 7.75. The van der Waals surface area contributed by atoms with Crippen molar-refractivity contribution in [2.75, 3.05) is 19.6 Å². The quantitative estimate of drug-likeness (QED) is 0.751. The van der Waals surface area contributed by atoms with Gasteiger partial charge in [-0.25, -0.2) is 0 Å². The molecule has 0 atom stereocenters. The Morgan fingerprint density at radius 3 is 2.16 bits per heavy atom. The topological polar surface area (TPSA) is 57.7 Å². The summed E-state index contributed by atoms with van der Waals surface area (Å²) in [7, 11) is 0. The summed E-state index contributed by atoms with van der Waals surface area (Å²) in [6.07, 6.45) is 2.32. The number of carbonyl (C=O) groups excluding carboxylic acids is 3. The second-order valence-corrected chi connectivity index (χ2v) is 7.29. The summed E-state index contributed by atoms with van der Waals surface area (Å²) < 4.78 is 0. The number of likely N-dealkylation sites (tertiary alicyclic amines) is 2. The minimum absolute atomic E-state index is 0.0174. The molecule has 2 aliphatic rings. The van der Waals surface area contributed by atoms with E-state index in [1.807, 2.05) is 18.2 Å². The standard InChI is InChI=1S/C18H20Cl2N2O3/c19-13-2-1-3-14(20)18(13)12-6-9-21(10-7-12)15(23)8-11-22-16(24)4-5-17(22)25/h1-3,12H,4-11H2. The summed E-state index contributed by atoms with van der Waals surface area (Å²) >= 11 is 12.6. The molecule has 0 N–H and O–H groups in total. The zero-order valence-electron chi connectivity index (χ0n) is 13.8. The monoisotopic (exact) mass is 382 g/mol. The second-order valence-electron chi connectivity index (χ2n) is 6.48. The molecule has 0 bridgehead atoms. The normalized spacial score (nSPS) is 19.0. The molecule has 1 aromatic carbocycles. The number of rotatable bonds is 4. The first-order valence-electron chi connectivity index (χ1n) is 8.52. The number of imide groups is 1. The predicted octanol–water partition coefficient (Wildman–Crippen LogP) is 3.24. The highest BCUT2D eigenvalue weighted by Crippen LogP contribution is 2.37. The lowest BCUT2D eigenvalue weighted by Crippen LogP contribution is -2.40. The van der Waals surface area contributed by atoms with Gasteiger partial charge in [0.25, 0.3) is 0 Å². The van der Waals surface area contributed by atoms with Gasteiger partial charge in [-0.15, -0.1) is 0 Å². The van der Waals surface area contributed by atoms with Gasteiger partial charge in [0, 0.05) is 48.9 Å². The van der Waals surface area contributed by atoms with E-state index in [0.717, 1.165) is 18.4 Å². The van der Waals surface area contributed by atoms with Crippen molar-refractivity contribution in [3.63, 3.8) is 0 Å². The van der Waals surface area contributed by atoms with Crippen molar-refractivity contribution in [3.05, 3.63) is 33.8 Å². The maximum Gasteiger partial charge on any atom is 0.229 e. The molecule has 134 valence electrons. The Morgan fingerprint density at radius 2 is 1.60 bits per heavy atom. The van der Waals surface area contributed by atoms with Gasteiger partial charge in [0.1, 0.15) is 0 Å². The average Bonchev–Trinajstić information content (AvgIpc) is 2.91. The van der Waals surface area contributed by atoms with Crippen molar-refractivity contribution in [3.8, 4) is 0 Å². The number of nitrogens with zero attached hydrogens (tertiary/aromatic N) is 2. The van der Waals surface area contributed by atoms with Crippen LogP contribution in [0.2, 0.25) is 10.0 Å². The van der Waals surface area contributed by atoms with Gasteiger partial charge in [-0.2, -0.15) is 0 Å². The van der Waals surface area contributed by atoms with E-state index >= 15 is 0 Å². The Hall–Kier alpha value is -1.59. The highest BCUT2D eigenvalue weighted by Gasteiger charge is 2.30. The smallest absolute Gasteiger partial charge is 0.229 e. The maximum absolute atomic E-state index is 12.4. The lowest BCUT2D eigenvalue weighted by atomic mass is 9.89. The van der Waals surface area contributed by atoms with Crippen LogP contribution in [-0.4, -0.2) is 47.2 Å². The van der Waals surface area contributed by atoms with E-state index in [1.165, 1.54) is 4.90 Å². The van der Waals surface area contributed by atoms with Gasteiger partial charge >= 0.3 is 0 Å². The molecule has 0 unspecified atom stereocenters. The van der Waals surface area contributed by atoms with Crippen molar-refractivity contribution in [1.29, 1.82) is 0 Å². The summed E-state index contributed by atoms with van der Waals surface area (Å²) in [5.41, 5.74) is 0.964. The van der Waals surface area contributed by atoms with Crippen molar-refractivity contribution >= 4 is 40.9 Å². The first-order chi connectivity index (χ1) is 12.0. The predicted molar refractivity (Wildman–Crippen MR) is 95.6 cm³/mol. The third-order valence-corrected chi connectivity index (χ3v) is 5.62. The van der Waals surface area contributed by atoms with Gasteiger partial charge in [-0.3, -0.25) is 19.3 Å². The Kier molecular flexibility index (Phi) is 5.64. The first kappa shape index (κ1) is 18.2. The number of hydrogen-bond acceptors (Lipinski definition) is 3. The zero-order chi connectivity index (χ0) is 18.0. The minimum atomic E-state index is -0.176. The number of amides is 3. The minimum Gasteiger partial charge on any atom is -0.343 e. The summed E-state index contributed by atoms with van der Waals surface area (Å²) in [5, 5.41) is 1.34. The number of carbonyl (C=O) groups is 3. The van der Waals surface area contributed by atoms with Crippen LogP contribution in [0.3, 0.4) is 0 Å². The lowest BCUT2D eigenvalue weighted by Gasteiger charge is -2.33. The van der Waals surface area contributed by atoms with Gasteiger partial charge in [-0.05, 0) is 36.5 Å². The molecule has 2 aliphatic heterocycles. The average molecular weight is 383 g/mol. The molecule has 2 saturated heterocycles. The Morgan fingerprint density at radius 1 is 1.04 bits per heavy atom. The molecule has 2 fully saturated rings. The maximum atomic E-state index is 12.4. The molecule has 3 rings (SSSR count). The Labute approximate surface area is 156 Å². The van der Waals surface area contributed by atoms with Gasteiger partial charge < -0.3 is 4.90 Å². The molecule has 0 radical (unpaired) electrons. The van der Waals surface area contributed by atoms with E-state index in [4.69, 9.17) is 23.2 Å². The van der Waals surface area contributed by atoms with E-state index in [9.17, 15) is 14.4 Å². The fraction of sp³-hybridized carbons (Fsp3) is 0.500. The number of halogens is 2. The summed E-state index contributed by atoms with van der Waals surface area (Å²) in [4.78, 5) is 38.6. The van der Waals surface area contributed by atoms with E-state index < -0.39 is 0 Å². The highest BCUT2D eigenvalue weighted by molar-refractivity contribution is 6.36. The lowest BCUT2D eigenvalue weighted by molar-refractivity contribution is -0.139. The molecular formula is C18H20Cl2N2O3. The van der Waals surface area contributed by atoms with Gasteiger partial charge in [-0.1, -0.05) is 29.3 Å². The molecule has 0 aromatic heterocycles. The molecule has 3 amide bonds. The Balaban J connectivity index is 1.53. The molecular weight excluding hydrogens is 363 g/mol. The van der Waals surface area contributed by atoms with Gasteiger partial charge in [0.15, 0.2) is 0 Å². The van der Waals surface area contributed by atoms with Crippen LogP contribution in [0.25, 0.3) is 0 Å². The van der Waals surface area contributed by atoms with E-state index in [-0.39, 0.29) is 49.4 Å². The molecule has 0 aliphatic carbocycles. The van der Waals surface area contributed by atoms with Crippen LogP contribution < -0.4 is 0 Å². The number of piperidine rings is 1. The fourth-order valence-corrected chi connectivity index (χ4v) is 4.26. The van der Waals surface area contributed by atoms with Crippen LogP contribution in [-0.2, 0) is 14.4 Å². The SMILES string of the molecule is O=C(CCN1C(=O)CCC1=O)N1CCC(c2c(Cl)cccc2Cl)CC1. The van der Waals surface area contributed by atoms with Crippen LogP contribution in [0.1, 0.15) is 43.6 Å². The number of hydrogen-bond donors (Lipinski definition) is 0. The van der Waals surface area contributed by atoms with Crippen LogP contribution in [0.15, 0.2) is 18.2 Å². The largest absolute Gasteiger partial charge is 0.343 e. The molecule has 0 saturated carbocycles. The van der Waals surface area contributed by atoms with Crippen LogP contribution >= 0.6 is 23.2 Å². The van der Waals surface area contributed by atoms with Crippen LogP contribution in [0.4, 0.5) is 0 Å². The molecule has 2 heterocycles. The van der Waals surface area contributed by atoms with Crippen molar-refractivity contribution in [1.82, 2.24) is 9.80 Å². The van der Waals surface area contributed by atoms with Crippen LogP contribution in [0.5, 0.6) is 0 Å². The van der Waals surface area contributed by atoms with Crippen molar-refractivity contribution in [2.45, 2.75) is 38.0 Å². The third-order valence-electron chi connectivity index (χ3n) is 4.96. The van der Waals surface area contributed by atoms with Crippen molar-refractivity contribution in [2.24, 2.45) is 0 Å². The van der Waals surface area contributed by atoms with E-state index in [1.54, 1.807) is 4.90 Å². The summed E-state index contributed by atoms with van der Waals surface area (Å²) in [5.74, 6) is -0.127. The van der Waals surface area contributed by atoms with Gasteiger partial charge in [0.05, 0.1) is 0 Å². The molecule has 25 heavy (non-hydrogen) atoms. The number of benzene rings is 1. The third kappa shape index (κ3) is 3.98. The molecule has 0 spiro atoms. The molecule has 1 aromatic rings. The van der Waals surface area contributed by atoms with Gasteiger partial charge in [0.2, 0.25) is 17.7 Å². The Bertz CT molecular complexity index is 663. The highest BCUT2D eigenvalue weighted by atomic mass is 35.5. The van der Waals surface area contributed by atoms with Crippen LogP contribution in [0, 0.1) is 0 Å². The first-order valence-corrected chi connectivity index (χ1v) is 9.28. The molecule has 7 heteroatoms. The van der Waals surface area contributed by atoms with E-state index in [2.05, 4.69) is 0 Å². The summed E-state index contributed by atoms with van der Waals surface area (Å²) in [6.45, 7) is 1.45. The zero-order valence-corrected chi connectivity index (χ0v) is 15.4. The molecule has 5 nitrogen and oxygen atoms in total. The van der Waals surface area contributed by atoms with E-state index in [0.29, 0.717) is 23.1 Å². The summed E-state index contributed by atoms with van der Waals surface area (Å²) in [6, 6.07) is 5.50.